The second-order valence-electron chi connectivity index (χ2n) is 5.60. The molecule has 0 aliphatic heterocycles. The van der Waals surface area contributed by atoms with Crippen molar-refractivity contribution in [1.29, 1.82) is 0 Å². The van der Waals surface area contributed by atoms with Crippen LogP contribution in [0.25, 0.3) is 22.0 Å². The zero-order valence-electron chi connectivity index (χ0n) is 13.3. The van der Waals surface area contributed by atoms with Crippen molar-refractivity contribution in [1.82, 2.24) is 9.97 Å². The lowest BCUT2D eigenvalue weighted by Crippen LogP contribution is -2.09. The van der Waals surface area contributed by atoms with Crippen molar-refractivity contribution in [2.45, 2.75) is 6.92 Å². The van der Waals surface area contributed by atoms with Gasteiger partial charge >= 0.3 is 5.63 Å². The van der Waals surface area contributed by atoms with Crippen LogP contribution in [0.4, 0.5) is 5.69 Å². The van der Waals surface area contributed by atoms with Crippen LogP contribution in [0.1, 0.15) is 11.1 Å². The Labute approximate surface area is 142 Å². The molecule has 2 aromatic carbocycles. The summed E-state index contributed by atoms with van der Waals surface area (Å²) in [5.74, 6) is 0.0498. The first kappa shape index (κ1) is 15.0. The number of aromatic hydroxyl groups is 1. The maximum Gasteiger partial charge on any atom is 0.345 e. The molecule has 0 aliphatic carbocycles. The van der Waals surface area contributed by atoms with Crippen molar-refractivity contribution in [3.63, 3.8) is 0 Å². The summed E-state index contributed by atoms with van der Waals surface area (Å²) in [5, 5.41) is 10.3. The Morgan fingerprint density at radius 3 is 2.72 bits per heavy atom. The average Bonchev–Trinajstić information content (AvgIpc) is 2.61. The second kappa shape index (κ2) is 5.83. The number of hydrogen-bond acceptors (Lipinski definition) is 6. The van der Waals surface area contributed by atoms with Crippen molar-refractivity contribution in [2.24, 2.45) is 4.99 Å². The normalized spacial score (nSPS) is 11.6. The molecule has 0 saturated heterocycles. The Morgan fingerprint density at radius 2 is 1.88 bits per heavy atom. The van der Waals surface area contributed by atoms with Gasteiger partial charge in [0.05, 0.1) is 22.3 Å². The molecule has 0 fully saturated rings. The molecule has 0 radical (unpaired) electrons. The van der Waals surface area contributed by atoms with Crippen molar-refractivity contribution in [3.8, 4) is 5.75 Å². The van der Waals surface area contributed by atoms with Crippen LogP contribution in [0.3, 0.4) is 0 Å². The summed E-state index contributed by atoms with van der Waals surface area (Å²) in [7, 11) is 0. The van der Waals surface area contributed by atoms with E-state index in [4.69, 9.17) is 4.42 Å². The van der Waals surface area contributed by atoms with Crippen LogP contribution < -0.4 is 5.63 Å². The molecule has 25 heavy (non-hydrogen) atoms. The lowest BCUT2D eigenvalue weighted by molar-refractivity contribution is 0.473. The highest BCUT2D eigenvalue weighted by molar-refractivity contribution is 5.92. The van der Waals surface area contributed by atoms with Crippen LogP contribution >= 0.6 is 0 Å². The number of aliphatic imine (C=N–C) groups is 1. The fraction of sp³-hybridized carbons (Fsp3) is 0.0526. The molecule has 4 rings (SSSR count). The van der Waals surface area contributed by atoms with Crippen LogP contribution in [0.5, 0.6) is 5.75 Å². The van der Waals surface area contributed by atoms with E-state index < -0.39 is 5.63 Å². The Kier molecular flexibility index (Phi) is 3.50. The first-order valence-electron chi connectivity index (χ1n) is 7.63. The molecule has 0 unspecified atom stereocenters. The summed E-state index contributed by atoms with van der Waals surface area (Å²) in [4.78, 5) is 25.1. The standard InChI is InChI=1S/C19H13N3O3/c1-11-14-4-3-13(23)9-18(14)25-19(24)15(11)10-22-12-2-5-16-17(8-12)21-7-6-20-16/h2-10,23H,1H3. The number of fused-ring (bicyclic) bond motifs is 2. The minimum Gasteiger partial charge on any atom is -0.508 e. The van der Waals surface area contributed by atoms with E-state index in [-0.39, 0.29) is 5.75 Å². The summed E-state index contributed by atoms with van der Waals surface area (Å²) in [6.45, 7) is 1.82. The molecular formula is C19H13N3O3. The topological polar surface area (TPSA) is 88.6 Å². The molecule has 0 aliphatic rings. The smallest absolute Gasteiger partial charge is 0.345 e. The van der Waals surface area contributed by atoms with Crippen LogP contribution in [-0.2, 0) is 0 Å². The Bertz CT molecular complexity index is 1200. The second-order valence-corrected chi connectivity index (χ2v) is 5.60. The SMILES string of the molecule is Cc1c(C=Nc2ccc3nccnc3c2)c(=O)oc2cc(O)ccc12. The summed E-state index contributed by atoms with van der Waals surface area (Å²) in [6.07, 6.45) is 4.74. The highest BCUT2D eigenvalue weighted by atomic mass is 16.4. The molecule has 0 amide bonds. The molecule has 2 aromatic heterocycles. The van der Waals surface area contributed by atoms with Gasteiger partial charge in [-0.1, -0.05) is 0 Å². The predicted molar refractivity (Wildman–Crippen MR) is 95.7 cm³/mol. The minimum atomic E-state index is -0.500. The fourth-order valence-corrected chi connectivity index (χ4v) is 2.68. The molecule has 0 spiro atoms. The van der Waals surface area contributed by atoms with Crippen LogP contribution in [0, 0.1) is 6.92 Å². The highest BCUT2D eigenvalue weighted by Gasteiger charge is 2.10. The van der Waals surface area contributed by atoms with Gasteiger partial charge in [0.2, 0.25) is 0 Å². The van der Waals surface area contributed by atoms with Crippen LogP contribution in [0.2, 0.25) is 0 Å². The van der Waals surface area contributed by atoms with Crippen molar-refractivity contribution < 1.29 is 9.52 Å². The predicted octanol–water partition coefficient (Wildman–Crippen LogP) is 3.50. The monoisotopic (exact) mass is 331 g/mol. The Hall–Kier alpha value is -3.54. The zero-order valence-corrected chi connectivity index (χ0v) is 13.3. The number of phenolic OH excluding ortho intramolecular Hbond substituents is 1. The number of phenols is 1. The van der Waals surface area contributed by atoms with E-state index in [0.717, 1.165) is 22.0 Å². The van der Waals surface area contributed by atoms with Crippen molar-refractivity contribution in [3.05, 3.63) is 70.3 Å². The summed E-state index contributed by atoms with van der Waals surface area (Å²) < 4.78 is 5.28. The van der Waals surface area contributed by atoms with E-state index >= 15 is 0 Å². The van der Waals surface area contributed by atoms with Gasteiger partial charge in [-0.3, -0.25) is 15.0 Å². The number of benzene rings is 2. The molecule has 0 bridgehead atoms. The van der Waals surface area contributed by atoms with Gasteiger partial charge in [-0.2, -0.15) is 0 Å². The average molecular weight is 331 g/mol. The summed E-state index contributed by atoms with van der Waals surface area (Å²) in [6, 6.07) is 10.1. The van der Waals surface area contributed by atoms with E-state index in [0.29, 0.717) is 16.8 Å². The third-order valence-corrected chi connectivity index (χ3v) is 3.99. The molecule has 4 aromatic rings. The first-order valence-corrected chi connectivity index (χ1v) is 7.63. The fourth-order valence-electron chi connectivity index (χ4n) is 2.68. The highest BCUT2D eigenvalue weighted by Crippen LogP contribution is 2.23. The van der Waals surface area contributed by atoms with E-state index in [1.165, 1.54) is 12.3 Å². The largest absolute Gasteiger partial charge is 0.508 e. The van der Waals surface area contributed by atoms with Gasteiger partial charge in [0.1, 0.15) is 11.3 Å². The first-order chi connectivity index (χ1) is 12.1. The molecule has 122 valence electrons. The number of aryl methyl sites for hydroxylation is 1. The van der Waals surface area contributed by atoms with Gasteiger partial charge in [-0.05, 0) is 42.8 Å². The lowest BCUT2D eigenvalue weighted by atomic mass is 10.1. The summed E-state index contributed by atoms with van der Waals surface area (Å²) in [5.41, 5.74) is 3.14. The molecule has 6 nitrogen and oxygen atoms in total. The molecule has 1 N–H and O–H groups in total. The quantitative estimate of drug-likeness (QED) is 0.448. The Morgan fingerprint density at radius 1 is 1.08 bits per heavy atom. The zero-order chi connectivity index (χ0) is 17.4. The van der Waals surface area contributed by atoms with Gasteiger partial charge < -0.3 is 9.52 Å². The van der Waals surface area contributed by atoms with Crippen molar-refractivity contribution in [2.75, 3.05) is 0 Å². The van der Waals surface area contributed by atoms with E-state index in [9.17, 15) is 9.90 Å². The molecule has 0 atom stereocenters. The van der Waals surface area contributed by atoms with E-state index in [1.807, 2.05) is 19.1 Å². The van der Waals surface area contributed by atoms with Crippen molar-refractivity contribution >= 4 is 33.9 Å². The van der Waals surface area contributed by atoms with Gasteiger partial charge in [0.15, 0.2) is 0 Å². The van der Waals surface area contributed by atoms with E-state index in [2.05, 4.69) is 15.0 Å². The van der Waals surface area contributed by atoms with E-state index in [1.54, 1.807) is 30.6 Å². The van der Waals surface area contributed by atoms with Gasteiger partial charge in [0, 0.05) is 30.1 Å². The van der Waals surface area contributed by atoms with Crippen LogP contribution in [-0.4, -0.2) is 21.3 Å². The number of rotatable bonds is 2. The van der Waals surface area contributed by atoms with Gasteiger partial charge in [0.25, 0.3) is 0 Å². The minimum absolute atomic E-state index is 0.0498. The molecule has 2 heterocycles. The molecular weight excluding hydrogens is 318 g/mol. The maximum atomic E-state index is 12.2. The third-order valence-electron chi connectivity index (χ3n) is 3.99. The maximum absolute atomic E-state index is 12.2. The van der Waals surface area contributed by atoms with Gasteiger partial charge in [-0.25, -0.2) is 4.79 Å². The molecule has 6 heteroatoms. The Balaban J connectivity index is 1.80. The summed E-state index contributed by atoms with van der Waals surface area (Å²) >= 11 is 0. The number of aromatic nitrogens is 2. The molecule has 0 saturated carbocycles. The van der Waals surface area contributed by atoms with Crippen LogP contribution in [0.15, 0.2) is 63.0 Å². The lowest BCUT2D eigenvalue weighted by Gasteiger charge is -2.04. The third kappa shape index (κ3) is 2.74. The number of nitrogens with zero attached hydrogens (tertiary/aromatic N) is 3. The van der Waals surface area contributed by atoms with Gasteiger partial charge in [-0.15, -0.1) is 0 Å². The number of hydrogen-bond donors (Lipinski definition) is 1.